The molecule has 0 bridgehead atoms. The maximum atomic E-state index is 15.8. The van der Waals surface area contributed by atoms with E-state index in [9.17, 15) is 9.59 Å². The van der Waals surface area contributed by atoms with Gasteiger partial charge >= 0.3 is 0 Å². The van der Waals surface area contributed by atoms with Crippen molar-refractivity contribution in [3.05, 3.63) is 161 Å². The molecule has 4 amide bonds. The van der Waals surface area contributed by atoms with Crippen molar-refractivity contribution in [1.82, 2.24) is 24.2 Å². The van der Waals surface area contributed by atoms with Gasteiger partial charge in [-0.25, -0.2) is 0 Å². The predicted molar refractivity (Wildman–Crippen MR) is 463 cm³/mol. The number of rotatable bonds is 42. The van der Waals surface area contributed by atoms with Gasteiger partial charge in [-0.3, -0.25) is 28.8 Å². The maximum Gasteiger partial charge on any atom is 0.261 e. The van der Waals surface area contributed by atoms with Gasteiger partial charge in [0, 0.05) is 83.3 Å². The molecule has 0 N–H and O–H groups in total. The lowest BCUT2D eigenvalue weighted by molar-refractivity contribution is -0.124. The van der Waals surface area contributed by atoms with Gasteiger partial charge < -0.3 is 24.2 Å². The van der Waals surface area contributed by atoms with Gasteiger partial charge in [-0.1, -0.05) is 202 Å². The van der Waals surface area contributed by atoms with Crippen molar-refractivity contribution in [2.75, 3.05) is 26.2 Å². The number of aldehydes is 2. The Balaban J connectivity index is 0.915. The molecule has 574 valence electrons. The van der Waals surface area contributed by atoms with E-state index in [0.717, 1.165) is 222 Å². The zero-order valence-corrected chi connectivity index (χ0v) is 70.6. The van der Waals surface area contributed by atoms with Gasteiger partial charge in [0.25, 0.3) is 23.6 Å². The lowest BCUT2D eigenvalue weighted by atomic mass is 9.98. The predicted octanol–water partition coefficient (Wildman–Crippen LogP) is 26.2. The Bertz CT molecular complexity index is 4640. The van der Waals surface area contributed by atoms with Crippen LogP contribution in [-0.4, -0.2) is 86.5 Å². The van der Waals surface area contributed by atoms with Gasteiger partial charge in [-0.05, 0) is 159 Å². The van der Waals surface area contributed by atoms with Crippen LogP contribution in [0.15, 0.2) is 131 Å². The summed E-state index contributed by atoms with van der Waals surface area (Å²) in [6, 6.07) is 38.8. The van der Waals surface area contributed by atoms with Crippen LogP contribution < -0.4 is 0 Å². The lowest BCUT2D eigenvalue weighted by Crippen LogP contribution is -2.34. The third-order valence-corrected chi connectivity index (χ3v) is 30.3. The number of unbranched alkanes of at least 4 members (excludes halogenated alkanes) is 9. The molecular formula is C92H109N5O6S6. The Hall–Kier alpha value is -7.38. The number of aromatic nitrogens is 1. The molecular weight excluding hydrogens is 1460 g/mol. The third kappa shape index (κ3) is 16.4. The highest BCUT2D eigenvalue weighted by Gasteiger charge is 2.52. The van der Waals surface area contributed by atoms with Crippen molar-refractivity contribution in [2.45, 2.75) is 223 Å². The SMILES string of the molecule is CCCCCCCCC(C)n1c2cc(-c3ccc(C4=C5C(=O)N(CC(CC)CCCC)C(c6ccc(-c7ccc(C=O)s7)s6)=C5C(=O)N4CC(CC)CCCC)s3)ccc2c2ccc(-c3ccc(C4=C5C(=O)N(CC(CC)CCCC)C(c6ccc(-c7ccc(C=O)s7)s6)=C5C(=O)N4CC(CC)CCCC)s3)cc21. The number of carbonyl (C=O) groups is 6. The zero-order valence-electron chi connectivity index (χ0n) is 65.7. The average molecular weight is 1570 g/mol. The van der Waals surface area contributed by atoms with Crippen molar-refractivity contribution < 1.29 is 28.8 Å². The summed E-state index contributed by atoms with van der Waals surface area (Å²) in [4.78, 5) is 106. The molecule has 0 spiro atoms. The minimum atomic E-state index is -0.0960. The maximum absolute atomic E-state index is 15.8. The number of hydrogen-bond donors (Lipinski definition) is 0. The van der Waals surface area contributed by atoms with E-state index in [1.165, 1.54) is 65.6 Å². The molecule has 11 nitrogen and oxygen atoms in total. The van der Waals surface area contributed by atoms with Gasteiger partial charge in [-0.2, -0.15) is 0 Å². The van der Waals surface area contributed by atoms with E-state index in [1.54, 1.807) is 45.3 Å². The first kappa shape index (κ1) is 79.7. The highest BCUT2D eigenvalue weighted by molar-refractivity contribution is 7.24. The van der Waals surface area contributed by atoms with Crippen LogP contribution in [0, 0.1) is 23.7 Å². The Morgan fingerprint density at radius 3 is 0.908 bits per heavy atom. The van der Waals surface area contributed by atoms with Crippen LogP contribution in [0.1, 0.15) is 262 Å². The summed E-state index contributed by atoms with van der Waals surface area (Å²) >= 11 is 9.44. The first-order valence-corrected chi connectivity index (χ1v) is 45.9. The number of nitrogens with zero attached hydrogens (tertiary/aromatic N) is 5. The van der Waals surface area contributed by atoms with Crippen molar-refractivity contribution >= 4 is 149 Å². The largest absolute Gasteiger partial charge is 0.338 e. The van der Waals surface area contributed by atoms with Crippen LogP contribution >= 0.6 is 68.0 Å². The van der Waals surface area contributed by atoms with E-state index in [2.05, 4.69) is 159 Å². The second-order valence-corrected chi connectivity index (χ2v) is 37.3. The van der Waals surface area contributed by atoms with Gasteiger partial charge in [0.1, 0.15) is 0 Å². The Labute approximate surface area is 670 Å². The molecule has 4 aliphatic rings. The van der Waals surface area contributed by atoms with Crippen LogP contribution in [0.2, 0.25) is 0 Å². The summed E-state index contributed by atoms with van der Waals surface area (Å²) < 4.78 is 2.59. The van der Waals surface area contributed by atoms with Crippen molar-refractivity contribution in [1.29, 1.82) is 0 Å². The summed E-state index contributed by atoms with van der Waals surface area (Å²) in [7, 11) is 0. The molecule has 17 heteroatoms. The smallest absolute Gasteiger partial charge is 0.261 e. The highest BCUT2D eigenvalue weighted by atomic mass is 32.1. The van der Waals surface area contributed by atoms with Gasteiger partial charge in [0.15, 0.2) is 12.6 Å². The first-order chi connectivity index (χ1) is 53.2. The van der Waals surface area contributed by atoms with Gasteiger partial charge in [-0.15, -0.1) is 68.0 Å². The zero-order chi connectivity index (χ0) is 76.6. The molecule has 13 rings (SSSR count). The fourth-order valence-electron chi connectivity index (χ4n) is 16.9. The first-order valence-electron chi connectivity index (χ1n) is 41.0. The number of hydrogen-bond acceptors (Lipinski definition) is 12. The molecule has 11 heterocycles. The molecule has 0 aliphatic carbocycles. The molecule has 109 heavy (non-hydrogen) atoms. The minimum absolute atomic E-state index is 0.0960. The van der Waals surface area contributed by atoms with E-state index in [0.29, 0.717) is 58.2 Å². The minimum Gasteiger partial charge on any atom is -0.338 e. The number of benzene rings is 2. The molecule has 7 aromatic heterocycles. The highest BCUT2D eigenvalue weighted by Crippen LogP contribution is 2.54. The average Bonchev–Trinajstić information content (AvgIpc) is 1.56. The Morgan fingerprint density at radius 2 is 0.596 bits per heavy atom. The fraction of sp³-hybridized carbons (Fsp3) is 0.457. The molecule has 9 aromatic rings. The molecule has 2 aromatic carbocycles. The van der Waals surface area contributed by atoms with Crippen molar-refractivity contribution in [3.63, 3.8) is 0 Å². The molecule has 4 aliphatic heterocycles. The number of carbonyl (C=O) groups excluding carboxylic acids is 6. The van der Waals surface area contributed by atoms with Gasteiger partial charge in [0.2, 0.25) is 0 Å². The summed E-state index contributed by atoms with van der Waals surface area (Å²) in [6.45, 7) is 24.6. The molecule has 0 radical (unpaired) electrons. The van der Waals surface area contributed by atoms with Gasteiger partial charge in [0.05, 0.1) is 74.3 Å². The second-order valence-electron chi connectivity index (χ2n) is 30.8. The van der Waals surface area contributed by atoms with E-state index in [4.69, 9.17) is 0 Å². The molecule has 0 fully saturated rings. The van der Waals surface area contributed by atoms with E-state index in [-0.39, 0.29) is 53.3 Å². The lowest BCUT2D eigenvalue weighted by Gasteiger charge is -2.29. The topological polar surface area (TPSA) is 120 Å². The van der Waals surface area contributed by atoms with Crippen molar-refractivity contribution in [2.24, 2.45) is 23.7 Å². The van der Waals surface area contributed by atoms with Crippen LogP contribution in [0.25, 0.3) is 85.0 Å². The number of fused-ring (bicyclic) bond motifs is 5. The third-order valence-electron chi connectivity index (χ3n) is 23.4. The second kappa shape index (κ2) is 36.4. The fourth-order valence-corrected chi connectivity index (χ4v) is 23.0. The number of thiophene rings is 6. The number of amides is 4. The van der Waals surface area contributed by atoms with Crippen LogP contribution in [0.4, 0.5) is 0 Å². The normalized spacial score (nSPS) is 16.2. The van der Waals surface area contributed by atoms with Crippen LogP contribution in [-0.2, 0) is 19.2 Å². The quantitative estimate of drug-likeness (QED) is 0.0278. The molecule has 5 atom stereocenters. The molecule has 5 unspecified atom stereocenters. The van der Waals surface area contributed by atoms with E-state index >= 15 is 19.2 Å². The summed E-state index contributed by atoms with van der Waals surface area (Å²) in [5, 5.41) is 2.36. The van der Waals surface area contributed by atoms with Crippen LogP contribution in [0.3, 0.4) is 0 Å². The monoisotopic (exact) mass is 1570 g/mol. The van der Waals surface area contributed by atoms with E-state index in [1.807, 2.05) is 43.9 Å². The Kier molecular flexibility index (Phi) is 26.6. The van der Waals surface area contributed by atoms with Crippen molar-refractivity contribution in [3.8, 4) is 40.4 Å². The Morgan fingerprint density at radius 1 is 0.312 bits per heavy atom. The standard InChI is InChI=1S/C92H109N5O6S6/c1-11-20-25-26-27-28-29-58(10)97-69-50-63(71-42-46-77(106-71)85-81-83(91(102)93(85)52-59(16-6)30-21-12-2)87(95(89(81)100)54-61(18-8)32-23-14-4)79-48-44-75(108-79)73-40-36-65(56-98)104-73)34-38-67(69)68-39-35-64(51-70(68)97)72-43-47-78(107-72)86-82-84(92(103)94(86)53-60(17-7)31-22-13-3)88(96(90(82)101)55-62(19-9)33-24-15-5)80-49-45-76(109-80)74-41-37-66(57-99)105-74/h34-51,56-62H,11-33,52-55H2,1-10H3. The summed E-state index contributed by atoms with van der Waals surface area (Å²) in [6.07, 6.45) is 26.3. The summed E-state index contributed by atoms with van der Waals surface area (Å²) in [5.41, 5.74) is 9.47. The van der Waals surface area contributed by atoms with Crippen LogP contribution in [0.5, 0.6) is 0 Å². The van der Waals surface area contributed by atoms with E-state index < -0.39 is 0 Å². The molecule has 0 saturated heterocycles. The summed E-state index contributed by atoms with van der Waals surface area (Å²) in [5.74, 6) is 0.644. The molecule has 0 saturated carbocycles.